The summed E-state index contributed by atoms with van der Waals surface area (Å²) in [7, 11) is -3.68. The number of aromatic nitrogens is 2. The van der Waals surface area contributed by atoms with Gasteiger partial charge < -0.3 is 5.32 Å². The van der Waals surface area contributed by atoms with E-state index in [2.05, 4.69) is 24.3 Å². The Kier molecular flexibility index (Phi) is 4.34. The molecule has 0 fully saturated rings. The topological polar surface area (TPSA) is 90.0 Å². The molecule has 1 aromatic heterocycles. The number of nitrogens with zero attached hydrogens (tertiary/aromatic N) is 2. The second-order valence-corrected chi connectivity index (χ2v) is 6.85. The van der Waals surface area contributed by atoms with Crippen molar-refractivity contribution in [3.05, 3.63) is 42.2 Å². The Hall–Kier alpha value is -1.86. The summed E-state index contributed by atoms with van der Waals surface area (Å²) in [6, 6.07) is 6.85. The summed E-state index contributed by atoms with van der Waals surface area (Å²) < 4.78 is 24.6. The quantitative estimate of drug-likeness (QED) is 0.886. The maximum atomic E-state index is 11.4. The van der Waals surface area contributed by atoms with E-state index >= 15 is 0 Å². The lowest BCUT2D eigenvalue weighted by atomic mass is 10.1. The van der Waals surface area contributed by atoms with Crippen molar-refractivity contribution in [2.75, 3.05) is 5.32 Å². The third-order valence-electron chi connectivity index (χ3n) is 3.20. The monoisotopic (exact) mass is 308 g/mol. The zero-order chi connectivity index (χ0) is 15.6. The van der Waals surface area contributed by atoms with Crippen molar-refractivity contribution in [1.29, 1.82) is 0 Å². The van der Waals surface area contributed by atoms with E-state index in [1.165, 1.54) is 6.07 Å². The van der Waals surface area contributed by atoms with Crippen molar-refractivity contribution in [1.82, 2.24) is 9.78 Å². The van der Waals surface area contributed by atoms with Crippen molar-refractivity contribution < 1.29 is 8.42 Å². The minimum atomic E-state index is -3.68. The second-order valence-electron chi connectivity index (χ2n) is 5.29. The lowest BCUT2D eigenvalue weighted by Crippen LogP contribution is -2.13. The predicted octanol–water partition coefficient (Wildman–Crippen LogP) is 2.28. The summed E-state index contributed by atoms with van der Waals surface area (Å²) in [4.78, 5) is 0.117. The van der Waals surface area contributed by atoms with Crippen LogP contribution in [0.3, 0.4) is 0 Å². The van der Waals surface area contributed by atoms with Crippen LogP contribution >= 0.6 is 0 Å². The van der Waals surface area contributed by atoms with Crippen LogP contribution in [0.4, 0.5) is 5.69 Å². The van der Waals surface area contributed by atoms with E-state index in [4.69, 9.17) is 5.14 Å². The summed E-state index contributed by atoms with van der Waals surface area (Å²) in [5.74, 6) is 0. The minimum Gasteiger partial charge on any atom is -0.376 e. The van der Waals surface area contributed by atoms with Crippen molar-refractivity contribution in [3.63, 3.8) is 0 Å². The molecular weight excluding hydrogens is 288 g/mol. The van der Waals surface area contributed by atoms with Gasteiger partial charge >= 0.3 is 0 Å². The molecule has 0 radical (unpaired) electrons. The Labute approximate surface area is 125 Å². The van der Waals surface area contributed by atoms with Gasteiger partial charge in [0.15, 0.2) is 0 Å². The van der Waals surface area contributed by atoms with Gasteiger partial charge in [-0.3, -0.25) is 4.68 Å². The van der Waals surface area contributed by atoms with Crippen molar-refractivity contribution >= 4 is 15.7 Å². The summed E-state index contributed by atoms with van der Waals surface area (Å²) in [5.41, 5.74) is 1.73. The lowest BCUT2D eigenvalue weighted by Gasteiger charge is -2.15. The van der Waals surface area contributed by atoms with Gasteiger partial charge in [0.25, 0.3) is 0 Å². The number of hydrogen-bond acceptors (Lipinski definition) is 4. The number of nitrogens with two attached hydrogens (primary N) is 1. The smallest absolute Gasteiger partial charge is 0.238 e. The van der Waals surface area contributed by atoms with Crippen LogP contribution in [-0.2, 0) is 10.0 Å². The van der Waals surface area contributed by atoms with Crippen molar-refractivity contribution in [2.24, 2.45) is 5.14 Å². The molecular formula is C14H20N4O2S. The molecule has 0 saturated heterocycles. The van der Waals surface area contributed by atoms with Gasteiger partial charge in [-0.15, -0.1) is 0 Å². The molecule has 1 aromatic carbocycles. The summed E-state index contributed by atoms with van der Waals surface area (Å²) in [6.45, 7) is 6.06. The van der Waals surface area contributed by atoms with Crippen molar-refractivity contribution in [3.8, 4) is 0 Å². The Bertz CT molecular complexity index is 722. The van der Waals surface area contributed by atoms with Gasteiger partial charge in [0, 0.05) is 18.3 Å². The number of benzene rings is 1. The van der Waals surface area contributed by atoms with Crippen LogP contribution in [0.15, 0.2) is 41.6 Å². The molecule has 0 amide bonds. The van der Waals surface area contributed by atoms with Crippen molar-refractivity contribution in [2.45, 2.75) is 37.8 Å². The Balaban J connectivity index is 2.18. The van der Waals surface area contributed by atoms with E-state index in [-0.39, 0.29) is 10.9 Å². The number of primary sulfonamides is 1. The molecule has 21 heavy (non-hydrogen) atoms. The van der Waals surface area contributed by atoms with Crippen LogP contribution in [0, 0.1) is 0 Å². The molecule has 0 aliphatic heterocycles. The van der Waals surface area contributed by atoms with Crippen LogP contribution in [0.1, 0.15) is 38.4 Å². The van der Waals surface area contributed by atoms with E-state index in [9.17, 15) is 8.42 Å². The summed E-state index contributed by atoms with van der Waals surface area (Å²) >= 11 is 0. The number of hydrogen-bond donors (Lipinski definition) is 2. The molecule has 0 aliphatic carbocycles. The third kappa shape index (κ3) is 3.83. The van der Waals surface area contributed by atoms with Crippen LogP contribution in [0.5, 0.6) is 0 Å². The van der Waals surface area contributed by atoms with E-state index in [0.717, 1.165) is 11.3 Å². The normalized spacial score (nSPS) is 13.4. The Morgan fingerprint density at radius 2 is 2.00 bits per heavy atom. The maximum absolute atomic E-state index is 11.4. The Morgan fingerprint density at radius 1 is 1.29 bits per heavy atom. The summed E-state index contributed by atoms with van der Waals surface area (Å²) in [5, 5.41) is 12.7. The first-order chi connectivity index (χ1) is 9.77. The first kappa shape index (κ1) is 15.5. The fourth-order valence-corrected chi connectivity index (χ4v) is 2.56. The van der Waals surface area contributed by atoms with Crippen LogP contribution < -0.4 is 10.5 Å². The standard InChI is InChI=1S/C14H20N4O2S/c1-10(2)18-9-13(8-16-18)17-11(3)12-5-4-6-14(7-12)21(15,19)20/h4-11,17H,1-3H3,(H2,15,19,20). The Morgan fingerprint density at radius 3 is 2.57 bits per heavy atom. The highest BCUT2D eigenvalue weighted by molar-refractivity contribution is 7.89. The van der Waals surface area contributed by atoms with Crippen LogP contribution in [-0.4, -0.2) is 18.2 Å². The van der Waals surface area contributed by atoms with E-state index in [1.54, 1.807) is 18.3 Å². The number of anilines is 1. The average Bonchev–Trinajstić information content (AvgIpc) is 2.86. The SMILES string of the molecule is CC(Nc1cnn(C(C)C)c1)c1cccc(S(N)(=O)=O)c1. The number of nitrogens with one attached hydrogen (secondary N) is 1. The third-order valence-corrected chi connectivity index (χ3v) is 4.11. The molecule has 7 heteroatoms. The highest BCUT2D eigenvalue weighted by Crippen LogP contribution is 2.21. The lowest BCUT2D eigenvalue weighted by molar-refractivity contribution is 0.532. The minimum absolute atomic E-state index is 0.0588. The molecule has 1 unspecified atom stereocenters. The van der Waals surface area contributed by atoms with E-state index < -0.39 is 10.0 Å². The van der Waals surface area contributed by atoms with Gasteiger partial charge in [0.2, 0.25) is 10.0 Å². The molecule has 1 atom stereocenters. The maximum Gasteiger partial charge on any atom is 0.238 e. The van der Waals surface area contributed by atoms with Gasteiger partial charge in [0.05, 0.1) is 16.8 Å². The molecule has 114 valence electrons. The number of sulfonamides is 1. The zero-order valence-corrected chi connectivity index (χ0v) is 13.1. The molecule has 2 aromatic rings. The molecule has 6 nitrogen and oxygen atoms in total. The van der Waals surface area contributed by atoms with Gasteiger partial charge in [-0.2, -0.15) is 5.10 Å². The zero-order valence-electron chi connectivity index (χ0n) is 12.3. The molecule has 1 heterocycles. The van der Waals surface area contributed by atoms with Gasteiger partial charge in [-0.1, -0.05) is 12.1 Å². The van der Waals surface area contributed by atoms with Gasteiger partial charge in [0.1, 0.15) is 0 Å². The number of rotatable bonds is 5. The fraction of sp³-hybridized carbons (Fsp3) is 0.357. The largest absolute Gasteiger partial charge is 0.376 e. The van der Waals surface area contributed by atoms with Gasteiger partial charge in [-0.05, 0) is 38.5 Å². The van der Waals surface area contributed by atoms with Crippen LogP contribution in [0.2, 0.25) is 0 Å². The molecule has 0 saturated carbocycles. The molecule has 0 bridgehead atoms. The summed E-state index contributed by atoms with van der Waals surface area (Å²) in [6.07, 6.45) is 3.67. The highest BCUT2D eigenvalue weighted by Gasteiger charge is 2.12. The second kappa shape index (κ2) is 5.87. The predicted molar refractivity (Wildman–Crippen MR) is 82.5 cm³/mol. The van der Waals surface area contributed by atoms with E-state index in [0.29, 0.717) is 6.04 Å². The molecule has 2 rings (SSSR count). The van der Waals surface area contributed by atoms with Crippen LogP contribution in [0.25, 0.3) is 0 Å². The first-order valence-electron chi connectivity index (χ1n) is 6.71. The van der Waals surface area contributed by atoms with Gasteiger partial charge in [-0.25, -0.2) is 13.6 Å². The fourth-order valence-electron chi connectivity index (χ4n) is 1.99. The van der Waals surface area contributed by atoms with E-state index in [1.807, 2.05) is 23.9 Å². The average molecular weight is 308 g/mol. The molecule has 0 aliphatic rings. The highest BCUT2D eigenvalue weighted by atomic mass is 32.2. The first-order valence-corrected chi connectivity index (χ1v) is 8.25. The molecule has 0 spiro atoms. The molecule has 3 N–H and O–H groups in total.